The Labute approximate surface area is 131 Å². The molecule has 3 aromatic rings. The zero-order valence-electron chi connectivity index (χ0n) is 12.3. The van der Waals surface area contributed by atoms with Gasteiger partial charge in [0.2, 0.25) is 0 Å². The lowest BCUT2D eigenvalue weighted by molar-refractivity contribution is 0.431. The first kappa shape index (κ1) is 14.6. The van der Waals surface area contributed by atoms with Crippen molar-refractivity contribution in [3.8, 4) is 0 Å². The molecule has 3 heterocycles. The topological polar surface area (TPSA) is 55.4 Å². The summed E-state index contributed by atoms with van der Waals surface area (Å²) in [7, 11) is 0. The number of aryl methyl sites for hydroxylation is 2. The quantitative estimate of drug-likeness (QED) is 0.702. The zero-order valence-corrected chi connectivity index (χ0v) is 14.0. The van der Waals surface area contributed by atoms with Crippen LogP contribution in [0.5, 0.6) is 0 Å². The minimum Gasteiger partial charge on any atom is -0.436 e. The lowest BCUT2D eigenvalue weighted by atomic mass is 10.4. The second kappa shape index (κ2) is 6.21. The predicted molar refractivity (Wildman–Crippen MR) is 85.2 cm³/mol. The number of imidazole rings is 1. The van der Waals surface area contributed by atoms with Crippen LogP contribution in [0.25, 0.3) is 4.96 Å². The van der Waals surface area contributed by atoms with Gasteiger partial charge in [0.1, 0.15) is 10.8 Å². The van der Waals surface area contributed by atoms with E-state index in [2.05, 4.69) is 33.2 Å². The van der Waals surface area contributed by atoms with Gasteiger partial charge in [-0.2, -0.15) is 0 Å². The number of nitrogens with one attached hydrogen (secondary N) is 1. The van der Waals surface area contributed by atoms with Crippen LogP contribution in [0, 0.1) is 13.8 Å². The van der Waals surface area contributed by atoms with Crippen LogP contribution in [-0.4, -0.2) is 20.9 Å². The van der Waals surface area contributed by atoms with Crippen molar-refractivity contribution in [1.29, 1.82) is 0 Å². The highest BCUT2D eigenvalue weighted by molar-refractivity contribution is 7.99. The molecular formula is C14H18N4OS2. The fourth-order valence-corrected chi connectivity index (χ4v) is 3.73. The number of hydrogen-bond donors (Lipinski definition) is 1. The fraction of sp³-hybridized carbons (Fsp3) is 0.429. The maximum Gasteiger partial charge on any atom is 0.262 e. The first-order valence-electron chi connectivity index (χ1n) is 6.96. The molecule has 0 amide bonds. The van der Waals surface area contributed by atoms with Crippen molar-refractivity contribution in [3.05, 3.63) is 28.7 Å². The van der Waals surface area contributed by atoms with Gasteiger partial charge in [0.05, 0.1) is 11.4 Å². The Bertz CT molecular complexity index is 724. The summed E-state index contributed by atoms with van der Waals surface area (Å²) < 4.78 is 7.79. The molecule has 0 saturated heterocycles. The third-order valence-electron chi connectivity index (χ3n) is 3.24. The molecule has 0 aliphatic heterocycles. The maximum atomic E-state index is 5.66. The number of hydrogen-bond acceptors (Lipinski definition) is 6. The van der Waals surface area contributed by atoms with Crippen LogP contribution in [0.2, 0.25) is 0 Å². The summed E-state index contributed by atoms with van der Waals surface area (Å²) in [6.45, 7) is 7.85. The molecule has 0 aliphatic carbocycles. The highest BCUT2D eigenvalue weighted by Gasteiger charge is 2.17. The SMILES string of the molecule is CCCNCc1c(Sc2nc(C)c(C)o2)nc2sccn12. The van der Waals surface area contributed by atoms with E-state index in [0.717, 1.165) is 41.0 Å². The highest BCUT2D eigenvalue weighted by atomic mass is 32.2. The fourth-order valence-electron chi connectivity index (χ4n) is 2.01. The average molecular weight is 322 g/mol. The summed E-state index contributed by atoms with van der Waals surface area (Å²) in [5, 5.41) is 7.12. The molecule has 0 saturated carbocycles. The standard InChI is InChI=1S/C14H18N4OS2/c1-4-5-15-8-11-12(17-13-18(11)6-7-20-13)21-14-16-9(2)10(3)19-14/h6-7,15H,4-5,8H2,1-3H3. The molecule has 5 nitrogen and oxygen atoms in total. The summed E-state index contributed by atoms with van der Waals surface area (Å²) in [5.74, 6) is 0.865. The third-order valence-corrected chi connectivity index (χ3v) is 4.86. The number of fused-ring (bicyclic) bond motifs is 1. The van der Waals surface area contributed by atoms with E-state index >= 15 is 0 Å². The Morgan fingerprint density at radius 3 is 2.95 bits per heavy atom. The lowest BCUT2D eigenvalue weighted by Crippen LogP contribution is -2.15. The molecular weight excluding hydrogens is 304 g/mol. The van der Waals surface area contributed by atoms with E-state index in [1.165, 1.54) is 17.5 Å². The molecule has 0 aromatic carbocycles. The van der Waals surface area contributed by atoms with E-state index in [0.29, 0.717) is 5.22 Å². The van der Waals surface area contributed by atoms with E-state index in [-0.39, 0.29) is 0 Å². The van der Waals surface area contributed by atoms with Crippen molar-refractivity contribution in [1.82, 2.24) is 19.7 Å². The molecule has 21 heavy (non-hydrogen) atoms. The van der Waals surface area contributed by atoms with Crippen LogP contribution in [0.1, 0.15) is 30.5 Å². The Morgan fingerprint density at radius 1 is 1.38 bits per heavy atom. The molecule has 3 aromatic heterocycles. The van der Waals surface area contributed by atoms with Crippen LogP contribution in [-0.2, 0) is 6.54 Å². The Morgan fingerprint density at radius 2 is 2.24 bits per heavy atom. The van der Waals surface area contributed by atoms with Gasteiger partial charge in [0, 0.05) is 18.1 Å². The van der Waals surface area contributed by atoms with Gasteiger partial charge < -0.3 is 9.73 Å². The molecule has 7 heteroatoms. The second-order valence-electron chi connectivity index (χ2n) is 4.82. The van der Waals surface area contributed by atoms with E-state index in [1.807, 2.05) is 13.8 Å². The summed E-state index contributed by atoms with van der Waals surface area (Å²) >= 11 is 3.13. The first-order chi connectivity index (χ1) is 10.2. The Kier molecular flexibility index (Phi) is 4.32. The summed E-state index contributed by atoms with van der Waals surface area (Å²) in [4.78, 5) is 10.1. The third kappa shape index (κ3) is 3.00. The monoisotopic (exact) mass is 322 g/mol. The van der Waals surface area contributed by atoms with Gasteiger partial charge in [-0.15, -0.1) is 11.3 Å². The van der Waals surface area contributed by atoms with Gasteiger partial charge in [-0.05, 0) is 38.6 Å². The predicted octanol–water partition coefficient (Wildman–Crippen LogP) is 3.65. The number of aromatic nitrogens is 3. The van der Waals surface area contributed by atoms with Crippen LogP contribution < -0.4 is 5.32 Å². The second-order valence-corrected chi connectivity index (χ2v) is 6.63. The molecule has 0 fully saturated rings. The van der Waals surface area contributed by atoms with E-state index in [9.17, 15) is 0 Å². The summed E-state index contributed by atoms with van der Waals surface area (Å²) in [6.07, 6.45) is 3.18. The van der Waals surface area contributed by atoms with Crippen LogP contribution in [0.15, 0.2) is 26.2 Å². The molecule has 0 aliphatic rings. The van der Waals surface area contributed by atoms with Gasteiger partial charge in [0.15, 0.2) is 4.96 Å². The van der Waals surface area contributed by atoms with Crippen LogP contribution in [0.3, 0.4) is 0 Å². The van der Waals surface area contributed by atoms with Crippen LogP contribution in [0.4, 0.5) is 0 Å². The van der Waals surface area contributed by atoms with Crippen molar-refractivity contribution in [2.24, 2.45) is 0 Å². The largest absolute Gasteiger partial charge is 0.436 e. The lowest BCUT2D eigenvalue weighted by Gasteiger charge is -2.04. The maximum absolute atomic E-state index is 5.66. The molecule has 112 valence electrons. The normalized spacial score (nSPS) is 11.6. The van der Waals surface area contributed by atoms with Crippen molar-refractivity contribution in [2.75, 3.05) is 6.54 Å². The number of nitrogens with zero attached hydrogens (tertiary/aromatic N) is 3. The molecule has 0 atom stereocenters. The zero-order chi connectivity index (χ0) is 14.8. The summed E-state index contributed by atoms with van der Waals surface area (Å²) in [6, 6.07) is 0. The van der Waals surface area contributed by atoms with E-state index in [1.54, 1.807) is 11.3 Å². The smallest absolute Gasteiger partial charge is 0.262 e. The minimum atomic E-state index is 0.660. The molecule has 1 N–H and O–H groups in total. The number of thiazole rings is 1. The molecule has 0 radical (unpaired) electrons. The molecule has 0 spiro atoms. The van der Waals surface area contributed by atoms with Crippen molar-refractivity contribution >= 4 is 28.1 Å². The Hall–Kier alpha value is -1.31. The van der Waals surface area contributed by atoms with Crippen molar-refractivity contribution in [3.63, 3.8) is 0 Å². The van der Waals surface area contributed by atoms with Crippen LogP contribution >= 0.6 is 23.1 Å². The van der Waals surface area contributed by atoms with Gasteiger partial charge in [0.25, 0.3) is 5.22 Å². The highest BCUT2D eigenvalue weighted by Crippen LogP contribution is 2.32. The first-order valence-corrected chi connectivity index (χ1v) is 8.65. The minimum absolute atomic E-state index is 0.660. The molecule has 0 bridgehead atoms. The van der Waals surface area contributed by atoms with Gasteiger partial charge >= 0.3 is 0 Å². The van der Waals surface area contributed by atoms with Gasteiger partial charge in [-0.3, -0.25) is 4.40 Å². The molecule has 3 rings (SSSR count). The van der Waals surface area contributed by atoms with E-state index in [4.69, 9.17) is 9.40 Å². The van der Waals surface area contributed by atoms with Gasteiger partial charge in [-0.1, -0.05) is 6.92 Å². The number of rotatable bonds is 6. The van der Waals surface area contributed by atoms with Crippen molar-refractivity contribution < 1.29 is 4.42 Å². The van der Waals surface area contributed by atoms with E-state index < -0.39 is 0 Å². The Balaban J connectivity index is 1.89. The molecule has 0 unspecified atom stereocenters. The average Bonchev–Trinajstić information content (AvgIpc) is 3.09. The van der Waals surface area contributed by atoms with Gasteiger partial charge in [-0.25, -0.2) is 9.97 Å². The number of oxazole rings is 1. The van der Waals surface area contributed by atoms with Crippen molar-refractivity contribution in [2.45, 2.75) is 44.0 Å². The summed E-state index contributed by atoms with van der Waals surface area (Å²) in [5.41, 5.74) is 2.10.